The number of morpholine rings is 1. The molecule has 0 saturated carbocycles. The molecule has 18 heavy (non-hydrogen) atoms. The average molecular weight is 317 g/mol. The molecule has 1 atom stereocenters. The normalized spacial score (nSPS) is 19.8. The molecule has 0 unspecified atom stereocenters. The summed E-state index contributed by atoms with van der Waals surface area (Å²) >= 11 is 3.26. The third-order valence-electron chi connectivity index (χ3n) is 2.71. The van der Waals surface area contributed by atoms with Crippen molar-refractivity contribution in [2.45, 2.75) is 12.5 Å². The van der Waals surface area contributed by atoms with Gasteiger partial charge in [0.2, 0.25) is 0 Å². The van der Waals surface area contributed by atoms with Crippen molar-refractivity contribution in [3.63, 3.8) is 0 Å². The predicted octanol–water partition coefficient (Wildman–Crippen LogP) is 1.09. The zero-order chi connectivity index (χ0) is 13.1. The highest BCUT2D eigenvalue weighted by atomic mass is 79.9. The number of carbonyl (C=O) groups is 2. The van der Waals surface area contributed by atoms with Gasteiger partial charge in [0, 0.05) is 23.8 Å². The minimum atomic E-state index is -0.920. The predicted molar refractivity (Wildman–Crippen MR) is 66.4 cm³/mol. The number of carboxylic acid groups (broad SMARTS) is 1. The van der Waals surface area contributed by atoms with E-state index in [9.17, 15) is 9.59 Å². The molecule has 1 aromatic heterocycles. The number of aromatic amines is 1. The van der Waals surface area contributed by atoms with Crippen molar-refractivity contribution in [3.05, 3.63) is 22.4 Å². The van der Waals surface area contributed by atoms with Crippen molar-refractivity contribution in [1.82, 2.24) is 9.88 Å². The summed E-state index contributed by atoms with van der Waals surface area (Å²) in [6, 6.07) is 1.70. The molecule has 2 rings (SSSR count). The van der Waals surface area contributed by atoms with Crippen molar-refractivity contribution in [1.29, 1.82) is 0 Å². The van der Waals surface area contributed by atoms with Gasteiger partial charge in [-0.3, -0.25) is 9.59 Å². The molecule has 0 spiro atoms. The van der Waals surface area contributed by atoms with Crippen LogP contribution in [-0.2, 0) is 9.53 Å². The molecule has 7 heteroatoms. The van der Waals surface area contributed by atoms with Crippen LogP contribution in [0.1, 0.15) is 16.9 Å². The molecule has 0 aliphatic carbocycles. The van der Waals surface area contributed by atoms with Crippen LogP contribution in [0, 0.1) is 0 Å². The lowest BCUT2D eigenvalue weighted by Gasteiger charge is -2.32. The van der Waals surface area contributed by atoms with Crippen molar-refractivity contribution in [3.8, 4) is 0 Å². The second-order valence-corrected chi connectivity index (χ2v) is 4.99. The first kappa shape index (κ1) is 13.1. The van der Waals surface area contributed by atoms with Crippen LogP contribution in [0.2, 0.25) is 0 Å². The Morgan fingerprint density at radius 3 is 3.00 bits per heavy atom. The fourth-order valence-corrected chi connectivity index (χ4v) is 2.23. The van der Waals surface area contributed by atoms with Gasteiger partial charge in [0.15, 0.2) is 0 Å². The van der Waals surface area contributed by atoms with Crippen LogP contribution in [0.15, 0.2) is 16.7 Å². The molecule has 1 aliphatic rings. The Bertz CT molecular complexity index is 460. The van der Waals surface area contributed by atoms with Crippen LogP contribution < -0.4 is 0 Å². The van der Waals surface area contributed by atoms with Crippen LogP contribution in [0.25, 0.3) is 0 Å². The number of nitrogens with one attached hydrogen (secondary N) is 1. The van der Waals surface area contributed by atoms with Gasteiger partial charge in [-0.2, -0.15) is 0 Å². The van der Waals surface area contributed by atoms with Gasteiger partial charge in [0.05, 0.1) is 19.1 Å². The lowest BCUT2D eigenvalue weighted by molar-refractivity contribution is -0.141. The van der Waals surface area contributed by atoms with Crippen molar-refractivity contribution in [2.24, 2.45) is 0 Å². The molecule has 1 aliphatic heterocycles. The zero-order valence-corrected chi connectivity index (χ0v) is 11.1. The molecule has 1 saturated heterocycles. The third kappa shape index (κ3) is 3.11. The number of amides is 1. The highest BCUT2D eigenvalue weighted by Crippen LogP contribution is 2.15. The topological polar surface area (TPSA) is 82.6 Å². The molecule has 1 fully saturated rings. The molecule has 6 nitrogen and oxygen atoms in total. The van der Waals surface area contributed by atoms with Crippen molar-refractivity contribution in [2.75, 3.05) is 19.7 Å². The maximum atomic E-state index is 12.1. The summed E-state index contributed by atoms with van der Waals surface area (Å²) in [5.74, 6) is -1.06. The minimum absolute atomic E-state index is 0.0851. The van der Waals surface area contributed by atoms with E-state index in [0.717, 1.165) is 4.47 Å². The number of aliphatic carboxylic acids is 1. The molecule has 1 aromatic rings. The van der Waals surface area contributed by atoms with Crippen LogP contribution in [0.4, 0.5) is 0 Å². The first-order chi connectivity index (χ1) is 8.56. The summed E-state index contributed by atoms with van der Waals surface area (Å²) in [5, 5.41) is 8.72. The smallest absolute Gasteiger partial charge is 0.306 e. The molecule has 2 N–H and O–H groups in total. The Kier molecular flexibility index (Phi) is 4.03. The van der Waals surface area contributed by atoms with Crippen molar-refractivity contribution >= 4 is 27.8 Å². The second kappa shape index (κ2) is 5.53. The summed E-state index contributed by atoms with van der Waals surface area (Å²) in [6.07, 6.45) is 1.17. The van der Waals surface area contributed by atoms with Gasteiger partial charge in [-0.1, -0.05) is 0 Å². The monoisotopic (exact) mass is 316 g/mol. The summed E-state index contributed by atoms with van der Waals surface area (Å²) < 4.78 is 6.12. The van der Waals surface area contributed by atoms with Crippen LogP contribution in [0.3, 0.4) is 0 Å². The maximum absolute atomic E-state index is 12.1. The van der Waals surface area contributed by atoms with Gasteiger partial charge in [0.1, 0.15) is 5.69 Å². The average Bonchev–Trinajstić information content (AvgIpc) is 2.74. The highest BCUT2D eigenvalue weighted by molar-refractivity contribution is 9.10. The number of H-pyrrole nitrogens is 1. The zero-order valence-electron chi connectivity index (χ0n) is 9.56. The van der Waals surface area contributed by atoms with Gasteiger partial charge in [-0.05, 0) is 22.0 Å². The number of carbonyl (C=O) groups excluding carboxylic acids is 1. The van der Waals surface area contributed by atoms with Crippen LogP contribution in [-0.4, -0.2) is 52.7 Å². The van der Waals surface area contributed by atoms with E-state index in [1.54, 1.807) is 17.2 Å². The van der Waals surface area contributed by atoms with Crippen LogP contribution in [0.5, 0.6) is 0 Å². The minimum Gasteiger partial charge on any atom is -0.481 e. The standard InChI is InChI=1S/C11H13BrN2O4/c12-7-3-9(13-5-7)11(17)14-1-2-18-8(6-14)4-10(15)16/h3,5,8,13H,1-2,4,6H2,(H,15,16)/t8-/m0/s1. The molecule has 0 bridgehead atoms. The van der Waals surface area contributed by atoms with E-state index in [1.165, 1.54) is 0 Å². The molecule has 1 amide bonds. The number of aromatic nitrogens is 1. The molecule has 0 aromatic carbocycles. The Hall–Kier alpha value is -1.34. The van der Waals surface area contributed by atoms with E-state index in [0.29, 0.717) is 25.4 Å². The van der Waals surface area contributed by atoms with Gasteiger partial charge >= 0.3 is 5.97 Å². The van der Waals surface area contributed by atoms with Crippen molar-refractivity contribution < 1.29 is 19.4 Å². The number of rotatable bonds is 3. The number of halogens is 1. The number of hydrogen-bond donors (Lipinski definition) is 2. The summed E-state index contributed by atoms with van der Waals surface area (Å²) in [5.41, 5.74) is 0.484. The molecule has 98 valence electrons. The van der Waals surface area contributed by atoms with E-state index >= 15 is 0 Å². The largest absolute Gasteiger partial charge is 0.481 e. The highest BCUT2D eigenvalue weighted by Gasteiger charge is 2.27. The second-order valence-electron chi connectivity index (χ2n) is 4.07. The van der Waals surface area contributed by atoms with Gasteiger partial charge < -0.3 is 19.7 Å². The van der Waals surface area contributed by atoms with Gasteiger partial charge in [0.25, 0.3) is 5.91 Å². The lowest BCUT2D eigenvalue weighted by atomic mass is 10.2. The fraction of sp³-hybridized carbons (Fsp3) is 0.455. The Morgan fingerprint density at radius 1 is 1.61 bits per heavy atom. The summed E-state index contributed by atoms with van der Waals surface area (Å²) in [6.45, 7) is 1.15. The van der Waals surface area contributed by atoms with Gasteiger partial charge in [-0.25, -0.2) is 0 Å². The van der Waals surface area contributed by atoms with E-state index in [1.807, 2.05) is 0 Å². The van der Waals surface area contributed by atoms with E-state index < -0.39 is 12.1 Å². The van der Waals surface area contributed by atoms with Gasteiger partial charge in [-0.15, -0.1) is 0 Å². The Labute approximate surface area is 112 Å². The number of nitrogens with zero attached hydrogens (tertiary/aromatic N) is 1. The first-order valence-electron chi connectivity index (χ1n) is 5.53. The van der Waals surface area contributed by atoms with E-state index in [-0.39, 0.29) is 12.3 Å². The quantitative estimate of drug-likeness (QED) is 0.874. The molecule has 2 heterocycles. The number of hydrogen-bond acceptors (Lipinski definition) is 3. The summed E-state index contributed by atoms with van der Waals surface area (Å²) in [7, 11) is 0. The SMILES string of the molecule is O=C(O)C[C@H]1CN(C(=O)c2cc(Br)c[nH]2)CCO1. The number of carboxylic acids is 1. The van der Waals surface area contributed by atoms with E-state index in [4.69, 9.17) is 9.84 Å². The molecular formula is C11H13BrN2O4. The third-order valence-corrected chi connectivity index (χ3v) is 3.16. The molecule has 0 radical (unpaired) electrons. The van der Waals surface area contributed by atoms with Crippen LogP contribution >= 0.6 is 15.9 Å². The first-order valence-corrected chi connectivity index (χ1v) is 6.32. The Balaban J connectivity index is 2.00. The summed E-state index contributed by atoms with van der Waals surface area (Å²) in [4.78, 5) is 27.2. The fourth-order valence-electron chi connectivity index (χ4n) is 1.88. The number of ether oxygens (including phenoxy) is 1. The maximum Gasteiger partial charge on any atom is 0.306 e. The lowest BCUT2D eigenvalue weighted by Crippen LogP contribution is -2.46. The van der Waals surface area contributed by atoms with E-state index in [2.05, 4.69) is 20.9 Å². The Morgan fingerprint density at radius 2 is 2.39 bits per heavy atom. The molecular weight excluding hydrogens is 304 g/mol.